The van der Waals surface area contributed by atoms with E-state index in [-0.39, 0.29) is 0 Å². The Bertz CT molecular complexity index is 127. The molecule has 0 bridgehead atoms. The molecule has 0 aromatic rings. The lowest BCUT2D eigenvalue weighted by Gasteiger charge is -2.42. The molecule has 72 valence electrons. The first kappa shape index (κ1) is 10.0. The minimum atomic E-state index is 0.404. The van der Waals surface area contributed by atoms with Crippen molar-refractivity contribution in [2.75, 3.05) is 6.61 Å². The average Bonchev–Trinajstić information content (AvgIpc) is 2.17. The predicted octanol–water partition coefficient (Wildman–Crippen LogP) is 2.98. The fourth-order valence-electron chi connectivity index (χ4n) is 2.84. The van der Waals surface area contributed by atoms with Gasteiger partial charge in [0.1, 0.15) is 0 Å². The minimum Gasteiger partial charge on any atom is -0.396 e. The Morgan fingerprint density at radius 1 is 1.25 bits per heavy atom. The van der Waals surface area contributed by atoms with E-state index < -0.39 is 0 Å². The topological polar surface area (TPSA) is 20.2 Å². The number of aliphatic hydroxyl groups excluding tert-OH is 1. The molecule has 0 aromatic carbocycles. The first-order valence-electron chi connectivity index (χ1n) is 5.40. The molecule has 0 aromatic heterocycles. The van der Waals surface area contributed by atoms with Crippen LogP contribution in [0.5, 0.6) is 0 Å². The second kappa shape index (κ2) is 4.27. The zero-order valence-corrected chi connectivity index (χ0v) is 8.47. The van der Waals surface area contributed by atoms with E-state index in [1.54, 1.807) is 0 Å². The van der Waals surface area contributed by atoms with Crippen molar-refractivity contribution in [3.8, 4) is 0 Å². The summed E-state index contributed by atoms with van der Waals surface area (Å²) in [6.07, 6.45) is 7.78. The Labute approximate surface area is 76.2 Å². The summed E-state index contributed by atoms with van der Waals surface area (Å²) in [7, 11) is 0. The normalized spacial score (nSPS) is 28.8. The first-order valence-corrected chi connectivity index (χ1v) is 5.40. The van der Waals surface area contributed by atoms with Crippen LogP contribution in [0, 0.1) is 11.3 Å². The Kier molecular flexibility index (Phi) is 3.57. The van der Waals surface area contributed by atoms with Gasteiger partial charge < -0.3 is 5.11 Å². The van der Waals surface area contributed by atoms with Crippen LogP contribution in [0.2, 0.25) is 0 Å². The highest BCUT2D eigenvalue weighted by atomic mass is 16.3. The van der Waals surface area contributed by atoms with Gasteiger partial charge in [0.2, 0.25) is 0 Å². The summed E-state index contributed by atoms with van der Waals surface area (Å²) in [4.78, 5) is 0. The largest absolute Gasteiger partial charge is 0.396 e. The molecule has 1 atom stereocenters. The average molecular weight is 170 g/mol. The van der Waals surface area contributed by atoms with Crippen LogP contribution in [0.3, 0.4) is 0 Å². The van der Waals surface area contributed by atoms with Crippen molar-refractivity contribution >= 4 is 0 Å². The van der Waals surface area contributed by atoms with Gasteiger partial charge in [0.15, 0.2) is 0 Å². The first-order chi connectivity index (χ1) is 5.79. The molecule has 0 aliphatic heterocycles. The predicted molar refractivity (Wildman–Crippen MR) is 52.1 cm³/mol. The van der Waals surface area contributed by atoms with E-state index in [0.717, 1.165) is 0 Å². The Hall–Kier alpha value is -0.0400. The molecule has 1 saturated carbocycles. The van der Waals surface area contributed by atoms with E-state index in [2.05, 4.69) is 13.8 Å². The molecule has 1 aliphatic carbocycles. The third-order valence-corrected chi connectivity index (χ3v) is 3.97. The Morgan fingerprint density at radius 2 is 1.92 bits per heavy atom. The van der Waals surface area contributed by atoms with Crippen molar-refractivity contribution in [3.63, 3.8) is 0 Å². The van der Waals surface area contributed by atoms with Crippen molar-refractivity contribution in [1.82, 2.24) is 0 Å². The van der Waals surface area contributed by atoms with Crippen molar-refractivity contribution < 1.29 is 5.11 Å². The molecule has 1 fully saturated rings. The second-order valence-corrected chi connectivity index (χ2v) is 4.19. The van der Waals surface area contributed by atoms with Crippen molar-refractivity contribution in [1.29, 1.82) is 0 Å². The van der Waals surface area contributed by atoms with Gasteiger partial charge in [0.25, 0.3) is 0 Å². The monoisotopic (exact) mass is 170 g/mol. The summed E-state index contributed by atoms with van der Waals surface area (Å²) in [6.45, 7) is 4.96. The summed E-state index contributed by atoms with van der Waals surface area (Å²) >= 11 is 0. The van der Waals surface area contributed by atoms with Crippen LogP contribution in [0.25, 0.3) is 0 Å². The zero-order chi connectivity index (χ0) is 9.03. The van der Waals surface area contributed by atoms with Crippen molar-refractivity contribution in [3.05, 3.63) is 0 Å². The van der Waals surface area contributed by atoms with Gasteiger partial charge in [0, 0.05) is 6.61 Å². The molecule has 1 unspecified atom stereocenters. The molecule has 1 N–H and O–H groups in total. The lowest BCUT2D eigenvalue weighted by Crippen LogP contribution is -2.34. The molecular weight excluding hydrogens is 148 g/mol. The van der Waals surface area contributed by atoms with Gasteiger partial charge in [-0.2, -0.15) is 0 Å². The maximum absolute atomic E-state index is 9.29. The molecule has 0 saturated heterocycles. The zero-order valence-electron chi connectivity index (χ0n) is 8.47. The highest BCUT2D eigenvalue weighted by Gasteiger charge is 2.36. The summed E-state index contributed by atoms with van der Waals surface area (Å²) in [5.41, 5.74) is 0.479. The van der Waals surface area contributed by atoms with E-state index in [1.165, 1.54) is 38.5 Å². The molecule has 1 nitrogen and oxygen atoms in total. The van der Waals surface area contributed by atoms with E-state index in [9.17, 15) is 5.11 Å². The third kappa shape index (κ3) is 1.66. The molecule has 1 rings (SSSR count). The fourth-order valence-corrected chi connectivity index (χ4v) is 2.84. The molecular formula is C11H22O. The summed E-state index contributed by atoms with van der Waals surface area (Å²) < 4.78 is 0. The van der Waals surface area contributed by atoms with Crippen LogP contribution in [0.15, 0.2) is 0 Å². The molecule has 0 heterocycles. The van der Waals surface area contributed by atoms with Gasteiger partial charge in [-0.05, 0) is 24.2 Å². The molecule has 1 heteroatoms. The SMILES string of the molecule is CCC1(CC)CCCCC1CO. The van der Waals surface area contributed by atoms with E-state index in [1.807, 2.05) is 0 Å². The number of aliphatic hydroxyl groups is 1. The van der Waals surface area contributed by atoms with Gasteiger partial charge >= 0.3 is 0 Å². The van der Waals surface area contributed by atoms with Gasteiger partial charge in [0.05, 0.1) is 0 Å². The lowest BCUT2D eigenvalue weighted by atomic mass is 9.63. The molecule has 0 radical (unpaired) electrons. The van der Waals surface area contributed by atoms with E-state index in [0.29, 0.717) is 17.9 Å². The second-order valence-electron chi connectivity index (χ2n) is 4.19. The van der Waals surface area contributed by atoms with Gasteiger partial charge in [-0.25, -0.2) is 0 Å². The Morgan fingerprint density at radius 3 is 2.33 bits per heavy atom. The standard InChI is InChI=1S/C11H22O/c1-3-11(4-2)8-6-5-7-10(11)9-12/h10,12H,3-9H2,1-2H3. The van der Waals surface area contributed by atoms with Crippen LogP contribution in [-0.2, 0) is 0 Å². The highest BCUT2D eigenvalue weighted by molar-refractivity contribution is 4.87. The van der Waals surface area contributed by atoms with Crippen LogP contribution in [-0.4, -0.2) is 11.7 Å². The summed E-state index contributed by atoms with van der Waals surface area (Å²) in [5, 5.41) is 9.29. The van der Waals surface area contributed by atoms with Crippen LogP contribution in [0.1, 0.15) is 52.4 Å². The lowest BCUT2D eigenvalue weighted by molar-refractivity contribution is 0.0361. The third-order valence-electron chi connectivity index (χ3n) is 3.97. The van der Waals surface area contributed by atoms with E-state index in [4.69, 9.17) is 0 Å². The summed E-state index contributed by atoms with van der Waals surface area (Å²) in [6, 6.07) is 0. The fraction of sp³-hybridized carbons (Fsp3) is 1.00. The molecule has 12 heavy (non-hydrogen) atoms. The summed E-state index contributed by atoms with van der Waals surface area (Å²) in [5.74, 6) is 0.584. The quantitative estimate of drug-likeness (QED) is 0.690. The van der Waals surface area contributed by atoms with Gasteiger partial charge in [-0.1, -0.05) is 39.5 Å². The van der Waals surface area contributed by atoms with Crippen molar-refractivity contribution in [2.24, 2.45) is 11.3 Å². The number of rotatable bonds is 3. The molecule has 0 amide bonds. The number of hydrogen-bond acceptors (Lipinski definition) is 1. The molecule has 0 spiro atoms. The van der Waals surface area contributed by atoms with Crippen LogP contribution in [0.4, 0.5) is 0 Å². The van der Waals surface area contributed by atoms with E-state index >= 15 is 0 Å². The molecule has 1 aliphatic rings. The minimum absolute atomic E-state index is 0.404. The Balaban J connectivity index is 2.66. The van der Waals surface area contributed by atoms with Crippen LogP contribution < -0.4 is 0 Å². The van der Waals surface area contributed by atoms with Crippen molar-refractivity contribution in [2.45, 2.75) is 52.4 Å². The smallest absolute Gasteiger partial charge is 0.0464 e. The maximum Gasteiger partial charge on any atom is 0.0464 e. The maximum atomic E-state index is 9.29. The highest BCUT2D eigenvalue weighted by Crippen LogP contribution is 2.46. The van der Waals surface area contributed by atoms with Crippen LogP contribution >= 0.6 is 0 Å². The van der Waals surface area contributed by atoms with Gasteiger partial charge in [-0.3, -0.25) is 0 Å². The van der Waals surface area contributed by atoms with Gasteiger partial charge in [-0.15, -0.1) is 0 Å². The number of hydrogen-bond donors (Lipinski definition) is 1.